The van der Waals surface area contributed by atoms with Crippen LogP contribution in [-0.2, 0) is 0 Å². The molecule has 3 heterocycles. The number of nitrogens with zero attached hydrogens (tertiary/aromatic N) is 1. The number of carboxylic acids is 1. The molecule has 3 fully saturated rings. The highest BCUT2D eigenvalue weighted by Crippen LogP contribution is 2.40. The molecule has 0 amide bonds. The molecule has 1 aromatic rings. The van der Waals surface area contributed by atoms with Crippen LogP contribution in [-0.4, -0.2) is 52.0 Å². The molecule has 3 aliphatic rings. The third-order valence-corrected chi connectivity index (χ3v) is 5.03. The first-order valence-corrected chi connectivity index (χ1v) is 7.86. The second kappa shape index (κ2) is 7.46. The van der Waals surface area contributed by atoms with Gasteiger partial charge < -0.3 is 20.2 Å². The highest BCUT2D eigenvalue weighted by atomic mass is 16.6. The fourth-order valence-corrected chi connectivity index (χ4v) is 3.75. The van der Waals surface area contributed by atoms with Crippen LogP contribution >= 0.6 is 0 Å². The number of piperidine rings is 3. The van der Waals surface area contributed by atoms with Gasteiger partial charge in [0.25, 0.3) is 0 Å². The number of carbonyl (C=O) groups is 2. The van der Waals surface area contributed by atoms with Crippen molar-refractivity contribution >= 4 is 12.1 Å². The molecule has 3 aliphatic heterocycles. The maximum Gasteiger partial charge on any atom is 0.503 e. The van der Waals surface area contributed by atoms with E-state index in [0.29, 0.717) is 11.5 Å². The minimum Gasteiger partial charge on any atom is -0.478 e. The predicted molar refractivity (Wildman–Crippen MR) is 85.1 cm³/mol. The lowest BCUT2D eigenvalue weighted by atomic mass is 9.71. The van der Waals surface area contributed by atoms with Crippen LogP contribution in [0.3, 0.4) is 0 Å². The summed E-state index contributed by atoms with van der Waals surface area (Å²) in [5, 5.41) is 22.9. The minimum atomic E-state index is -1.83. The van der Waals surface area contributed by atoms with Crippen molar-refractivity contribution < 1.29 is 24.9 Å². The zero-order valence-corrected chi connectivity index (χ0v) is 13.2. The zero-order chi connectivity index (χ0) is 17.0. The van der Waals surface area contributed by atoms with Crippen molar-refractivity contribution in [3.05, 3.63) is 35.4 Å². The first kappa shape index (κ1) is 17.3. The number of hydrogen-bond acceptors (Lipinski definition) is 3. The van der Waals surface area contributed by atoms with E-state index in [1.165, 1.54) is 38.0 Å². The average Bonchev–Trinajstić information content (AvgIpc) is 2.55. The molecule has 0 aliphatic carbocycles. The zero-order valence-electron chi connectivity index (χ0n) is 13.2. The summed E-state index contributed by atoms with van der Waals surface area (Å²) in [4.78, 5) is 22.0. The van der Waals surface area contributed by atoms with E-state index in [1.807, 2.05) is 12.1 Å². The Labute approximate surface area is 135 Å². The van der Waals surface area contributed by atoms with Gasteiger partial charge in [-0.05, 0) is 61.4 Å². The maximum atomic E-state index is 10.9. The summed E-state index contributed by atoms with van der Waals surface area (Å²) in [6.07, 6.45) is 0.838. The van der Waals surface area contributed by atoms with E-state index < -0.39 is 12.1 Å². The molecule has 0 spiro atoms. The van der Waals surface area contributed by atoms with E-state index >= 15 is 0 Å². The van der Waals surface area contributed by atoms with Gasteiger partial charge in [-0.2, -0.15) is 0 Å². The van der Waals surface area contributed by atoms with E-state index in [4.69, 9.17) is 20.1 Å². The second-order valence-corrected chi connectivity index (χ2v) is 6.30. The van der Waals surface area contributed by atoms with E-state index in [1.54, 1.807) is 12.1 Å². The van der Waals surface area contributed by atoms with Crippen LogP contribution in [0.1, 0.15) is 41.6 Å². The molecule has 0 saturated carbocycles. The van der Waals surface area contributed by atoms with Gasteiger partial charge in [0.2, 0.25) is 0 Å². The van der Waals surface area contributed by atoms with Crippen molar-refractivity contribution in [1.29, 1.82) is 0 Å². The van der Waals surface area contributed by atoms with Gasteiger partial charge >= 0.3 is 12.1 Å². The topological polar surface area (TPSA) is 98.1 Å². The van der Waals surface area contributed by atoms with Crippen molar-refractivity contribution in [3.8, 4) is 0 Å². The summed E-state index contributed by atoms with van der Waals surface area (Å²) >= 11 is 0. The van der Waals surface area contributed by atoms with Gasteiger partial charge in [0, 0.05) is 6.54 Å². The molecular formula is C17H23NO5. The summed E-state index contributed by atoms with van der Waals surface area (Å²) in [5.41, 5.74) is 1.66. The Hall–Kier alpha value is -2.08. The Bertz CT molecular complexity index is 545. The monoisotopic (exact) mass is 321 g/mol. The van der Waals surface area contributed by atoms with Gasteiger partial charge in [0.1, 0.15) is 0 Å². The first-order chi connectivity index (χ1) is 10.9. The van der Waals surface area contributed by atoms with Crippen LogP contribution < -0.4 is 0 Å². The number of carboxylic acid groups (broad SMARTS) is 3. The molecule has 3 N–H and O–H groups in total. The van der Waals surface area contributed by atoms with Crippen molar-refractivity contribution in [2.24, 2.45) is 11.8 Å². The fourth-order valence-electron chi connectivity index (χ4n) is 3.75. The highest BCUT2D eigenvalue weighted by Gasteiger charge is 2.37. The quantitative estimate of drug-likeness (QED) is 0.791. The van der Waals surface area contributed by atoms with Crippen molar-refractivity contribution in [1.82, 2.24) is 4.90 Å². The standard InChI is InChI=1S/C16H21NO2.CH2O3/c1-11(12-2-4-14(5-3-12)16(18)19)15-10-17-8-6-13(15)7-9-17;2-1(3)4/h2-5,11,13,15H,6-10H2,1H3,(H,18,19);(H2,2,3,4). The summed E-state index contributed by atoms with van der Waals surface area (Å²) in [6.45, 7) is 6.05. The molecule has 2 unspecified atom stereocenters. The molecule has 0 aromatic heterocycles. The van der Waals surface area contributed by atoms with E-state index in [9.17, 15) is 4.79 Å². The Kier molecular flexibility index (Phi) is 5.60. The van der Waals surface area contributed by atoms with E-state index in [-0.39, 0.29) is 0 Å². The van der Waals surface area contributed by atoms with Gasteiger partial charge in [-0.1, -0.05) is 19.1 Å². The molecule has 2 bridgehead atoms. The largest absolute Gasteiger partial charge is 0.503 e. The Morgan fingerprint density at radius 1 is 1.09 bits per heavy atom. The number of hydrogen-bond donors (Lipinski definition) is 3. The molecule has 23 heavy (non-hydrogen) atoms. The smallest absolute Gasteiger partial charge is 0.478 e. The van der Waals surface area contributed by atoms with Crippen LogP contribution in [0.4, 0.5) is 4.79 Å². The fraction of sp³-hybridized carbons (Fsp3) is 0.529. The van der Waals surface area contributed by atoms with Gasteiger partial charge in [-0.3, -0.25) is 0 Å². The van der Waals surface area contributed by atoms with Gasteiger partial charge in [0.15, 0.2) is 0 Å². The second-order valence-electron chi connectivity index (χ2n) is 6.30. The SMILES string of the molecule is CC(c1ccc(C(=O)O)cc1)C1CN2CCC1CC2.O=C(O)O. The Morgan fingerprint density at radius 3 is 2.00 bits per heavy atom. The molecule has 126 valence electrons. The Morgan fingerprint density at radius 2 is 1.61 bits per heavy atom. The lowest BCUT2D eigenvalue weighted by Gasteiger charge is -2.47. The lowest BCUT2D eigenvalue weighted by Crippen LogP contribution is -2.48. The van der Waals surface area contributed by atoms with Crippen LogP contribution in [0.15, 0.2) is 24.3 Å². The van der Waals surface area contributed by atoms with Crippen LogP contribution in [0.25, 0.3) is 0 Å². The average molecular weight is 321 g/mol. The summed E-state index contributed by atoms with van der Waals surface area (Å²) in [7, 11) is 0. The Balaban J connectivity index is 0.000000433. The number of aromatic carboxylic acids is 1. The number of benzene rings is 1. The third kappa shape index (κ3) is 4.45. The number of fused-ring (bicyclic) bond motifs is 3. The van der Waals surface area contributed by atoms with Gasteiger partial charge in [0.05, 0.1) is 5.56 Å². The third-order valence-electron chi connectivity index (χ3n) is 5.03. The molecule has 0 radical (unpaired) electrons. The molecular weight excluding hydrogens is 298 g/mol. The van der Waals surface area contributed by atoms with Gasteiger partial charge in [-0.15, -0.1) is 0 Å². The predicted octanol–water partition coefficient (Wildman–Crippen LogP) is 3.05. The van der Waals surface area contributed by atoms with E-state index in [0.717, 1.165) is 11.8 Å². The van der Waals surface area contributed by atoms with Gasteiger partial charge in [-0.25, -0.2) is 9.59 Å². The summed E-state index contributed by atoms with van der Waals surface area (Å²) in [5.74, 6) is 1.27. The molecule has 6 nitrogen and oxygen atoms in total. The molecule has 3 saturated heterocycles. The summed E-state index contributed by atoms with van der Waals surface area (Å²) < 4.78 is 0. The van der Waals surface area contributed by atoms with Crippen molar-refractivity contribution in [3.63, 3.8) is 0 Å². The van der Waals surface area contributed by atoms with Crippen LogP contribution in [0.2, 0.25) is 0 Å². The highest BCUT2D eigenvalue weighted by molar-refractivity contribution is 5.87. The van der Waals surface area contributed by atoms with Crippen molar-refractivity contribution in [2.45, 2.75) is 25.7 Å². The molecule has 2 atom stereocenters. The van der Waals surface area contributed by atoms with Crippen molar-refractivity contribution in [2.75, 3.05) is 19.6 Å². The molecule has 1 aromatic carbocycles. The first-order valence-electron chi connectivity index (χ1n) is 7.86. The normalized spacial score (nSPS) is 26.7. The molecule has 4 rings (SSSR count). The molecule has 6 heteroatoms. The van der Waals surface area contributed by atoms with Crippen LogP contribution in [0.5, 0.6) is 0 Å². The maximum absolute atomic E-state index is 10.9. The minimum absolute atomic E-state index is 0.380. The number of rotatable bonds is 3. The van der Waals surface area contributed by atoms with Crippen LogP contribution in [0, 0.1) is 11.8 Å². The lowest BCUT2D eigenvalue weighted by molar-refractivity contribution is 0.0395. The summed E-state index contributed by atoms with van der Waals surface area (Å²) in [6, 6.07) is 7.45. The van der Waals surface area contributed by atoms with E-state index in [2.05, 4.69) is 11.8 Å².